The highest BCUT2D eigenvalue weighted by molar-refractivity contribution is 5.48. The van der Waals surface area contributed by atoms with Crippen LogP contribution in [0.5, 0.6) is 0 Å². The van der Waals surface area contributed by atoms with Crippen LogP contribution in [-0.4, -0.2) is 16.0 Å². The Morgan fingerprint density at radius 2 is 1.75 bits per heavy atom. The van der Waals surface area contributed by atoms with Crippen LogP contribution in [0.25, 0.3) is 0 Å². The average molecular weight is 274 g/mol. The summed E-state index contributed by atoms with van der Waals surface area (Å²) in [5.74, 6) is 2.03. The number of halogens is 1. The van der Waals surface area contributed by atoms with Crippen LogP contribution < -0.4 is 10.6 Å². The third kappa shape index (κ3) is 4.19. The Labute approximate surface area is 118 Å². The number of anilines is 2. The fourth-order valence-electron chi connectivity index (χ4n) is 1.82. The second kappa shape index (κ2) is 6.32. The van der Waals surface area contributed by atoms with Crippen LogP contribution >= 0.6 is 0 Å². The lowest BCUT2D eigenvalue weighted by atomic mass is 10.2. The first-order valence-electron chi connectivity index (χ1n) is 6.63. The highest BCUT2D eigenvalue weighted by atomic mass is 19.1. The van der Waals surface area contributed by atoms with Crippen molar-refractivity contribution in [1.29, 1.82) is 0 Å². The highest BCUT2D eigenvalue weighted by Gasteiger charge is 2.03. The molecular weight excluding hydrogens is 255 g/mol. The summed E-state index contributed by atoms with van der Waals surface area (Å²) >= 11 is 0. The molecule has 2 rings (SSSR count). The van der Waals surface area contributed by atoms with E-state index in [-0.39, 0.29) is 5.82 Å². The number of benzene rings is 1. The van der Waals surface area contributed by atoms with Crippen LogP contribution in [0.4, 0.5) is 16.0 Å². The summed E-state index contributed by atoms with van der Waals surface area (Å²) in [6, 6.07) is 8.60. The third-order valence-electron chi connectivity index (χ3n) is 2.66. The molecule has 0 fully saturated rings. The molecule has 0 atom stereocenters. The lowest BCUT2D eigenvalue weighted by Gasteiger charge is -2.12. The molecule has 5 heteroatoms. The molecule has 0 saturated carbocycles. The minimum Gasteiger partial charge on any atom is -0.368 e. The summed E-state index contributed by atoms with van der Waals surface area (Å²) in [5, 5.41) is 6.47. The van der Waals surface area contributed by atoms with Gasteiger partial charge in [0.15, 0.2) is 0 Å². The zero-order chi connectivity index (χ0) is 14.5. The molecule has 20 heavy (non-hydrogen) atoms. The Morgan fingerprint density at radius 1 is 1.10 bits per heavy atom. The van der Waals surface area contributed by atoms with Crippen LogP contribution in [0.2, 0.25) is 0 Å². The van der Waals surface area contributed by atoms with E-state index in [1.807, 2.05) is 13.0 Å². The second-order valence-corrected chi connectivity index (χ2v) is 4.96. The fraction of sp³-hybridized carbons (Fsp3) is 0.333. The van der Waals surface area contributed by atoms with E-state index < -0.39 is 0 Å². The monoisotopic (exact) mass is 274 g/mol. The van der Waals surface area contributed by atoms with Gasteiger partial charge in [0.05, 0.1) is 0 Å². The first-order chi connectivity index (χ1) is 9.52. The van der Waals surface area contributed by atoms with Crippen LogP contribution in [0.3, 0.4) is 0 Å². The van der Waals surface area contributed by atoms with Crippen molar-refractivity contribution in [3.05, 3.63) is 47.5 Å². The first-order valence-corrected chi connectivity index (χ1v) is 6.63. The maximum atomic E-state index is 12.8. The van der Waals surface area contributed by atoms with Crippen LogP contribution in [0.15, 0.2) is 30.3 Å². The number of aromatic nitrogens is 2. The van der Waals surface area contributed by atoms with Gasteiger partial charge in [-0.05, 0) is 38.5 Å². The Kier molecular flexibility index (Phi) is 4.50. The van der Waals surface area contributed by atoms with Gasteiger partial charge in [-0.2, -0.15) is 0 Å². The van der Waals surface area contributed by atoms with Crippen molar-refractivity contribution in [2.45, 2.75) is 33.4 Å². The summed E-state index contributed by atoms with van der Waals surface area (Å²) in [6.45, 7) is 6.57. The maximum Gasteiger partial charge on any atom is 0.132 e. The molecule has 1 aromatic carbocycles. The quantitative estimate of drug-likeness (QED) is 0.877. The standard InChI is InChI=1S/C15H19FN4/c1-10(2)18-15-8-14(19-11(3)20-15)17-9-12-4-6-13(16)7-5-12/h4-8,10H,9H2,1-3H3,(H2,17,18,19,20). The lowest BCUT2D eigenvalue weighted by Crippen LogP contribution is -2.13. The van der Waals surface area contributed by atoms with E-state index >= 15 is 0 Å². The van der Waals surface area contributed by atoms with Crippen molar-refractivity contribution < 1.29 is 4.39 Å². The van der Waals surface area contributed by atoms with Gasteiger partial charge in [-0.25, -0.2) is 14.4 Å². The Balaban J connectivity index is 2.05. The van der Waals surface area contributed by atoms with Crippen LogP contribution in [0, 0.1) is 12.7 Å². The molecule has 2 aromatic rings. The number of hydrogen-bond acceptors (Lipinski definition) is 4. The largest absolute Gasteiger partial charge is 0.368 e. The molecule has 0 saturated heterocycles. The number of nitrogens with one attached hydrogen (secondary N) is 2. The minimum absolute atomic E-state index is 0.227. The van der Waals surface area contributed by atoms with Crippen LogP contribution in [0.1, 0.15) is 25.2 Å². The first kappa shape index (κ1) is 14.2. The predicted octanol–water partition coefficient (Wildman–Crippen LogP) is 3.36. The predicted molar refractivity (Wildman–Crippen MR) is 79.3 cm³/mol. The molecule has 0 spiro atoms. The van der Waals surface area contributed by atoms with Crippen LogP contribution in [-0.2, 0) is 6.54 Å². The number of rotatable bonds is 5. The van der Waals surface area contributed by atoms with E-state index in [4.69, 9.17) is 0 Å². The summed E-state index contributed by atoms with van der Waals surface area (Å²) in [7, 11) is 0. The van der Waals surface area contributed by atoms with Gasteiger partial charge in [0, 0.05) is 18.7 Å². The molecule has 0 bridgehead atoms. The molecule has 0 unspecified atom stereocenters. The van der Waals surface area contributed by atoms with Gasteiger partial charge in [0.2, 0.25) is 0 Å². The van der Waals surface area contributed by atoms with Gasteiger partial charge >= 0.3 is 0 Å². The Hall–Kier alpha value is -2.17. The van der Waals surface area contributed by atoms with E-state index in [0.29, 0.717) is 18.4 Å². The van der Waals surface area contributed by atoms with Gasteiger partial charge in [-0.1, -0.05) is 12.1 Å². The summed E-state index contributed by atoms with van der Waals surface area (Å²) < 4.78 is 12.8. The SMILES string of the molecule is Cc1nc(NCc2ccc(F)cc2)cc(NC(C)C)n1. The van der Waals surface area contributed by atoms with E-state index in [1.165, 1.54) is 12.1 Å². The van der Waals surface area contributed by atoms with Gasteiger partial charge in [0.25, 0.3) is 0 Å². The van der Waals surface area contributed by atoms with Gasteiger partial charge in [0.1, 0.15) is 23.3 Å². The summed E-state index contributed by atoms with van der Waals surface area (Å²) in [5.41, 5.74) is 1.00. The van der Waals surface area contributed by atoms with E-state index in [1.54, 1.807) is 12.1 Å². The molecule has 4 nitrogen and oxygen atoms in total. The highest BCUT2D eigenvalue weighted by Crippen LogP contribution is 2.13. The summed E-state index contributed by atoms with van der Waals surface area (Å²) in [6.07, 6.45) is 0. The van der Waals surface area contributed by atoms with E-state index in [9.17, 15) is 4.39 Å². The topological polar surface area (TPSA) is 49.8 Å². The number of nitrogens with zero attached hydrogens (tertiary/aromatic N) is 2. The van der Waals surface area contributed by atoms with Crippen molar-refractivity contribution in [2.24, 2.45) is 0 Å². The number of aryl methyl sites for hydroxylation is 1. The third-order valence-corrected chi connectivity index (χ3v) is 2.66. The normalized spacial score (nSPS) is 10.7. The average Bonchev–Trinajstić information content (AvgIpc) is 2.36. The fourth-order valence-corrected chi connectivity index (χ4v) is 1.82. The van der Waals surface area contributed by atoms with Crippen molar-refractivity contribution >= 4 is 11.6 Å². The smallest absolute Gasteiger partial charge is 0.132 e. The molecule has 1 aromatic heterocycles. The van der Waals surface area contributed by atoms with E-state index in [0.717, 1.165) is 17.2 Å². The molecule has 0 aliphatic heterocycles. The molecule has 0 aliphatic rings. The van der Waals surface area contributed by atoms with Gasteiger partial charge in [-0.3, -0.25) is 0 Å². The molecular formula is C15H19FN4. The van der Waals surface area contributed by atoms with Crippen molar-refractivity contribution in [1.82, 2.24) is 9.97 Å². The van der Waals surface area contributed by atoms with Crippen molar-refractivity contribution in [2.75, 3.05) is 10.6 Å². The molecule has 0 radical (unpaired) electrons. The Morgan fingerprint density at radius 3 is 2.40 bits per heavy atom. The molecule has 0 aliphatic carbocycles. The molecule has 0 amide bonds. The second-order valence-electron chi connectivity index (χ2n) is 4.96. The molecule has 2 N–H and O–H groups in total. The van der Waals surface area contributed by atoms with Crippen molar-refractivity contribution in [3.8, 4) is 0 Å². The summed E-state index contributed by atoms with van der Waals surface area (Å²) in [4.78, 5) is 8.67. The van der Waals surface area contributed by atoms with Gasteiger partial charge in [-0.15, -0.1) is 0 Å². The zero-order valence-electron chi connectivity index (χ0n) is 11.9. The Bertz CT molecular complexity index is 567. The maximum absolute atomic E-state index is 12.8. The number of hydrogen-bond donors (Lipinski definition) is 2. The van der Waals surface area contributed by atoms with Crippen molar-refractivity contribution in [3.63, 3.8) is 0 Å². The molecule has 106 valence electrons. The lowest BCUT2D eigenvalue weighted by molar-refractivity contribution is 0.627. The van der Waals surface area contributed by atoms with E-state index in [2.05, 4.69) is 34.4 Å². The van der Waals surface area contributed by atoms with Gasteiger partial charge < -0.3 is 10.6 Å². The zero-order valence-corrected chi connectivity index (χ0v) is 11.9. The molecule has 1 heterocycles. The minimum atomic E-state index is -0.227.